The first-order valence-corrected chi connectivity index (χ1v) is 8.24. The van der Waals surface area contributed by atoms with E-state index in [-0.39, 0.29) is 18.4 Å². The van der Waals surface area contributed by atoms with Crippen molar-refractivity contribution in [2.45, 2.75) is 6.92 Å². The highest BCUT2D eigenvalue weighted by Gasteiger charge is 2.31. The van der Waals surface area contributed by atoms with Crippen LogP contribution in [0.4, 0.5) is 5.69 Å². The van der Waals surface area contributed by atoms with Crippen molar-refractivity contribution >= 4 is 17.6 Å². The van der Waals surface area contributed by atoms with E-state index in [4.69, 9.17) is 4.74 Å². The number of benzene rings is 2. The van der Waals surface area contributed by atoms with Crippen molar-refractivity contribution in [2.75, 3.05) is 25.0 Å². The van der Waals surface area contributed by atoms with Crippen LogP contribution >= 0.6 is 0 Å². The molecule has 0 saturated carbocycles. The molecule has 0 aromatic heterocycles. The van der Waals surface area contributed by atoms with Crippen LogP contribution in [0.3, 0.4) is 0 Å². The molecule has 0 fully saturated rings. The van der Waals surface area contributed by atoms with Gasteiger partial charge >= 0.3 is 5.97 Å². The molecule has 5 heteroatoms. The Morgan fingerprint density at radius 1 is 1.00 bits per heavy atom. The van der Waals surface area contributed by atoms with E-state index in [9.17, 15) is 9.59 Å². The molecular formula is C20H20N2O3. The van der Waals surface area contributed by atoms with Crippen molar-refractivity contribution in [3.63, 3.8) is 0 Å². The number of hydrogen-bond acceptors (Lipinski definition) is 4. The molecule has 0 aliphatic carbocycles. The predicted octanol–water partition coefficient (Wildman–Crippen LogP) is 3.07. The summed E-state index contributed by atoms with van der Waals surface area (Å²) in [6.07, 6.45) is 0. The second-order valence-electron chi connectivity index (χ2n) is 5.70. The molecule has 1 aliphatic heterocycles. The van der Waals surface area contributed by atoms with E-state index in [0.29, 0.717) is 30.0 Å². The average molecular weight is 336 g/mol. The van der Waals surface area contributed by atoms with Gasteiger partial charge in [-0.3, -0.25) is 4.79 Å². The zero-order chi connectivity index (χ0) is 17.6. The van der Waals surface area contributed by atoms with Crippen LogP contribution in [0.2, 0.25) is 0 Å². The molecule has 0 saturated heterocycles. The lowest BCUT2D eigenvalue weighted by Gasteiger charge is -2.17. The Labute approximate surface area is 146 Å². The van der Waals surface area contributed by atoms with Crippen LogP contribution in [0, 0.1) is 0 Å². The third kappa shape index (κ3) is 3.88. The molecule has 128 valence electrons. The molecule has 5 nitrogen and oxygen atoms in total. The number of nitrogens with one attached hydrogen (secondary N) is 1. The monoisotopic (exact) mass is 336 g/mol. The van der Waals surface area contributed by atoms with Crippen molar-refractivity contribution in [3.8, 4) is 0 Å². The van der Waals surface area contributed by atoms with Crippen molar-refractivity contribution in [3.05, 3.63) is 77.5 Å². The van der Waals surface area contributed by atoms with Crippen LogP contribution in [-0.4, -0.2) is 36.5 Å². The minimum absolute atomic E-state index is 0.104. The fourth-order valence-electron chi connectivity index (χ4n) is 2.75. The minimum atomic E-state index is -0.385. The molecule has 0 radical (unpaired) electrons. The summed E-state index contributed by atoms with van der Waals surface area (Å²) >= 11 is 0. The van der Waals surface area contributed by atoms with Gasteiger partial charge in [0.05, 0.1) is 25.3 Å². The van der Waals surface area contributed by atoms with Crippen molar-refractivity contribution in [1.29, 1.82) is 0 Å². The largest absolute Gasteiger partial charge is 0.463 e. The van der Waals surface area contributed by atoms with Crippen molar-refractivity contribution in [1.82, 2.24) is 4.90 Å². The van der Waals surface area contributed by atoms with Gasteiger partial charge in [0.25, 0.3) is 5.91 Å². The lowest BCUT2D eigenvalue weighted by Crippen LogP contribution is -2.30. The minimum Gasteiger partial charge on any atom is -0.463 e. The van der Waals surface area contributed by atoms with Crippen LogP contribution in [0.25, 0.3) is 0 Å². The third-order valence-corrected chi connectivity index (χ3v) is 3.96. The highest BCUT2D eigenvalue weighted by molar-refractivity contribution is 5.98. The summed E-state index contributed by atoms with van der Waals surface area (Å²) in [4.78, 5) is 26.6. The van der Waals surface area contributed by atoms with Crippen LogP contribution in [-0.2, 0) is 9.53 Å². The molecule has 0 unspecified atom stereocenters. The maximum atomic E-state index is 12.7. The fraction of sp³-hybridized carbons (Fsp3) is 0.200. The number of nitrogens with zero attached hydrogens (tertiary/aromatic N) is 1. The Balaban J connectivity index is 1.82. The molecule has 0 atom stereocenters. The number of para-hydroxylation sites is 1. The standard InChI is InChI=1S/C20H20N2O3/c1-2-25-20(24)17-13-22(19(23)15-9-5-3-6-10-15)14-18(17)21-16-11-7-4-8-12-16/h3-12,21H,2,13-14H2,1H3. The topological polar surface area (TPSA) is 58.6 Å². The van der Waals surface area contributed by atoms with Crippen LogP contribution in [0.5, 0.6) is 0 Å². The molecule has 1 heterocycles. The number of esters is 1. The molecule has 0 spiro atoms. The summed E-state index contributed by atoms with van der Waals surface area (Å²) in [5.74, 6) is -0.489. The maximum absolute atomic E-state index is 12.7. The van der Waals surface area contributed by atoms with E-state index in [2.05, 4.69) is 5.32 Å². The van der Waals surface area contributed by atoms with Crippen LogP contribution < -0.4 is 5.32 Å². The van der Waals surface area contributed by atoms with E-state index < -0.39 is 0 Å². The van der Waals surface area contributed by atoms with E-state index in [1.807, 2.05) is 48.5 Å². The number of hydrogen-bond donors (Lipinski definition) is 1. The van der Waals surface area contributed by atoms with Gasteiger partial charge in [0.1, 0.15) is 0 Å². The molecule has 2 aromatic rings. The number of amides is 1. The van der Waals surface area contributed by atoms with Gasteiger partial charge in [-0.25, -0.2) is 4.79 Å². The van der Waals surface area contributed by atoms with Crippen molar-refractivity contribution < 1.29 is 14.3 Å². The highest BCUT2D eigenvalue weighted by Crippen LogP contribution is 2.23. The van der Waals surface area contributed by atoms with Gasteiger partial charge < -0.3 is 15.0 Å². The van der Waals surface area contributed by atoms with E-state index in [1.54, 1.807) is 24.0 Å². The van der Waals surface area contributed by atoms with Gasteiger partial charge in [0.15, 0.2) is 0 Å². The molecule has 1 N–H and O–H groups in total. The zero-order valence-corrected chi connectivity index (χ0v) is 14.1. The quantitative estimate of drug-likeness (QED) is 0.853. The van der Waals surface area contributed by atoms with Crippen LogP contribution in [0.15, 0.2) is 71.9 Å². The lowest BCUT2D eigenvalue weighted by molar-refractivity contribution is -0.138. The summed E-state index contributed by atoms with van der Waals surface area (Å²) < 4.78 is 5.15. The normalized spacial score (nSPS) is 13.7. The number of carbonyl (C=O) groups is 2. The van der Waals surface area contributed by atoms with Gasteiger partial charge in [-0.05, 0) is 31.2 Å². The predicted molar refractivity (Wildman–Crippen MR) is 96.1 cm³/mol. The fourth-order valence-corrected chi connectivity index (χ4v) is 2.75. The Hall–Kier alpha value is -3.08. The summed E-state index contributed by atoms with van der Waals surface area (Å²) in [7, 11) is 0. The van der Waals surface area contributed by atoms with E-state index in [0.717, 1.165) is 5.69 Å². The molecule has 25 heavy (non-hydrogen) atoms. The third-order valence-electron chi connectivity index (χ3n) is 3.96. The number of anilines is 1. The van der Waals surface area contributed by atoms with Gasteiger partial charge in [-0.2, -0.15) is 0 Å². The van der Waals surface area contributed by atoms with Gasteiger partial charge in [0, 0.05) is 16.9 Å². The van der Waals surface area contributed by atoms with Crippen LogP contribution in [0.1, 0.15) is 17.3 Å². The summed E-state index contributed by atoms with van der Waals surface area (Å²) in [5, 5.41) is 3.25. The van der Waals surface area contributed by atoms with Gasteiger partial charge in [-0.1, -0.05) is 36.4 Å². The maximum Gasteiger partial charge on any atom is 0.337 e. The van der Waals surface area contributed by atoms with Gasteiger partial charge in [-0.15, -0.1) is 0 Å². The van der Waals surface area contributed by atoms with E-state index in [1.165, 1.54) is 0 Å². The Morgan fingerprint density at radius 3 is 2.28 bits per heavy atom. The Morgan fingerprint density at radius 2 is 1.64 bits per heavy atom. The smallest absolute Gasteiger partial charge is 0.337 e. The number of carbonyl (C=O) groups excluding carboxylic acids is 2. The summed E-state index contributed by atoms with van der Waals surface area (Å²) in [5.41, 5.74) is 2.67. The molecular weight excluding hydrogens is 316 g/mol. The Kier molecular flexibility index (Phi) is 5.14. The SMILES string of the molecule is CCOC(=O)C1=C(Nc2ccccc2)CN(C(=O)c2ccccc2)C1. The highest BCUT2D eigenvalue weighted by atomic mass is 16.5. The van der Waals surface area contributed by atoms with Crippen molar-refractivity contribution in [2.24, 2.45) is 0 Å². The summed E-state index contributed by atoms with van der Waals surface area (Å²) in [6.45, 7) is 2.65. The summed E-state index contributed by atoms with van der Waals surface area (Å²) in [6, 6.07) is 18.6. The number of ether oxygens (including phenoxy) is 1. The lowest BCUT2D eigenvalue weighted by atomic mass is 10.2. The second kappa shape index (κ2) is 7.66. The van der Waals surface area contributed by atoms with E-state index >= 15 is 0 Å². The molecule has 2 aromatic carbocycles. The molecule has 1 aliphatic rings. The van der Waals surface area contributed by atoms with Gasteiger partial charge in [0.2, 0.25) is 0 Å². The average Bonchev–Trinajstić information content (AvgIpc) is 3.07. The molecule has 1 amide bonds. The first-order chi connectivity index (χ1) is 12.2. The first-order valence-electron chi connectivity index (χ1n) is 8.24. The molecule has 0 bridgehead atoms. The Bertz CT molecular complexity index is 785. The zero-order valence-electron chi connectivity index (χ0n) is 14.1. The second-order valence-corrected chi connectivity index (χ2v) is 5.70. The number of rotatable bonds is 5. The first kappa shape index (κ1) is 16.8. The molecule has 3 rings (SSSR count).